The molecule has 0 saturated heterocycles. The lowest BCUT2D eigenvalue weighted by Gasteiger charge is -2.32. The number of carbonyl (C=O) groups excluding carboxylic acids is 1. The van der Waals surface area contributed by atoms with Crippen molar-refractivity contribution in [3.05, 3.63) is 69.7 Å². The van der Waals surface area contributed by atoms with Gasteiger partial charge in [-0.2, -0.15) is 23.3 Å². The molecule has 1 N–H and O–H groups in total. The Morgan fingerprint density at radius 2 is 1.54 bits per heavy atom. The Bertz CT molecular complexity index is 867. The highest BCUT2D eigenvalue weighted by atomic mass is 35.5. The van der Waals surface area contributed by atoms with E-state index in [2.05, 4.69) is 5.10 Å². The fraction of sp³-hybridized carbons (Fsp3) is 0.176. The van der Waals surface area contributed by atoms with E-state index >= 15 is 0 Å². The van der Waals surface area contributed by atoms with Crippen LogP contribution in [-0.4, -0.2) is 33.6 Å². The lowest BCUT2D eigenvalue weighted by atomic mass is 10.0. The molecule has 3 rings (SSSR count). The number of alkyl halides is 3. The summed E-state index contributed by atoms with van der Waals surface area (Å²) in [4.78, 5) is 12.5. The van der Waals surface area contributed by atoms with Crippen molar-refractivity contribution in [3.8, 4) is 0 Å². The molecule has 2 aromatic carbocycles. The van der Waals surface area contributed by atoms with E-state index in [0.717, 1.165) is 0 Å². The van der Waals surface area contributed by atoms with Gasteiger partial charge >= 0.3 is 6.18 Å². The first-order valence-corrected chi connectivity index (χ1v) is 8.10. The third kappa shape index (κ3) is 3.30. The number of rotatable bonds is 2. The minimum Gasteiger partial charge on any atom is -0.362 e. The Morgan fingerprint density at radius 3 is 2.04 bits per heavy atom. The summed E-state index contributed by atoms with van der Waals surface area (Å²) in [7, 11) is 0. The van der Waals surface area contributed by atoms with Gasteiger partial charge in [-0.05, 0) is 42.0 Å². The number of amides is 1. The Labute approximate surface area is 156 Å². The third-order valence-corrected chi connectivity index (χ3v) is 4.40. The molecule has 1 heterocycles. The summed E-state index contributed by atoms with van der Waals surface area (Å²) in [6, 6.07) is 11.1. The maximum Gasteiger partial charge on any atom is 0.438 e. The SMILES string of the molecule is O=C(c1ccc(Cl)cc1)N1N=C(c2ccc(Cl)cc2)CC1(O)C(F)(F)F. The fourth-order valence-electron chi connectivity index (χ4n) is 2.50. The van der Waals surface area contributed by atoms with Crippen LogP contribution in [0.15, 0.2) is 53.6 Å². The van der Waals surface area contributed by atoms with Gasteiger partial charge in [0.15, 0.2) is 0 Å². The van der Waals surface area contributed by atoms with E-state index in [1.165, 1.54) is 48.5 Å². The molecule has 0 fully saturated rings. The number of halogens is 5. The summed E-state index contributed by atoms with van der Waals surface area (Å²) in [5, 5.41) is 14.8. The van der Waals surface area contributed by atoms with Gasteiger partial charge in [-0.25, -0.2) is 0 Å². The maximum absolute atomic E-state index is 13.5. The smallest absolute Gasteiger partial charge is 0.362 e. The molecule has 136 valence electrons. The lowest BCUT2D eigenvalue weighted by molar-refractivity contribution is -0.297. The predicted molar refractivity (Wildman–Crippen MR) is 91.2 cm³/mol. The van der Waals surface area contributed by atoms with E-state index in [1.54, 1.807) is 0 Å². The maximum atomic E-state index is 13.5. The van der Waals surface area contributed by atoms with Gasteiger partial charge in [0.25, 0.3) is 11.6 Å². The number of carbonyl (C=O) groups is 1. The molecule has 1 atom stereocenters. The molecule has 26 heavy (non-hydrogen) atoms. The first kappa shape index (κ1) is 18.7. The van der Waals surface area contributed by atoms with E-state index in [9.17, 15) is 23.1 Å². The second-order valence-electron chi connectivity index (χ2n) is 5.67. The summed E-state index contributed by atoms with van der Waals surface area (Å²) in [5.41, 5.74) is -3.29. The van der Waals surface area contributed by atoms with Crippen molar-refractivity contribution in [1.82, 2.24) is 5.01 Å². The zero-order chi connectivity index (χ0) is 19.1. The molecule has 4 nitrogen and oxygen atoms in total. The predicted octanol–water partition coefficient (Wildman–Crippen LogP) is 4.49. The van der Waals surface area contributed by atoms with Crippen molar-refractivity contribution in [2.45, 2.75) is 18.3 Å². The Morgan fingerprint density at radius 1 is 1.04 bits per heavy atom. The molecule has 1 aliphatic rings. The van der Waals surface area contributed by atoms with Crippen molar-refractivity contribution in [1.29, 1.82) is 0 Å². The molecule has 1 unspecified atom stereocenters. The van der Waals surface area contributed by atoms with Gasteiger partial charge in [0.1, 0.15) is 0 Å². The molecule has 1 aliphatic heterocycles. The topological polar surface area (TPSA) is 52.9 Å². The van der Waals surface area contributed by atoms with Crippen LogP contribution in [0.25, 0.3) is 0 Å². The molecule has 0 aromatic heterocycles. The summed E-state index contributed by atoms with van der Waals surface area (Å²) >= 11 is 11.5. The standard InChI is InChI=1S/C17H11Cl2F3N2O2/c18-12-5-1-10(2-6-12)14-9-16(26,17(20,21)22)24(23-14)15(25)11-3-7-13(19)8-4-11/h1-8,26H,9H2. The van der Waals surface area contributed by atoms with Crippen molar-refractivity contribution >= 4 is 34.8 Å². The van der Waals surface area contributed by atoms with Crippen LogP contribution in [-0.2, 0) is 0 Å². The number of nitrogens with zero attached hydrogens (tertiary/aromatic N) is 2. The highest BCUT2D eigenvalue weighted by Crippen LogP contribution is 2.42. The second-order valence-corrected chi connectivity index (χ2v) is 6.54. The van der Waals surface area contributed by atoms with Crippen molar-refractivity contribution in [2.24, 2.45) is 5.10 Å². The number of hydrazone groups is 1. The fourth-order valence-corrected chi connectivity index (χ4v) is 2.75. The van der Waals surface area contributed by atoms with E-state index in [0.29, 0.717) is 15.6 Å². The van der Waals surface area contributed by atoms with Gasteiger partial charge in [-0.3, -0.25) is 4.79 Å². The zero-order valence-electron chi connectivity index (χ0n) is 13.0. The van der Waals surface area contributed by atoms with Crippen LogP contribution in [0.5, 0.6) is 0 Å². The summed E-state index contributed by atoms with van der Waals surface area (Å²) in [6.45, 7) is 0. The highest BCUT2D eigenvalue weighted by molar-refractivity contribution is 6.31. The molecule has 9 heteroatoms. The number of hydrogen-bond acceptors (Lipinski definition) is 3. The quantitative estimate of drug-likeness (QED) is 0.803. The Hall–Kier alpha value is -2.09. The summed E-state index contributed by atoms with van der Waals surface area (Å²) < 4.78 is 40.6. The molecular weight excluding hydrogens is 392 g/mol. The molecule has 0 saturated carbocycles. The lowest BCUT2D eigenvalue weighted by Crippen LogP contribution is -2.56. The highest BCUT2D eigenvalue weighted by Gasteiger charge is 2.63. The molecule has 0 radical (unpaired) electrons. The molecule has 0 bridgehead atoms. The second kappa shape index (κ2) is 6.57. The van der Waals surface area contributed by atoms with E-state index in [-0.39, 0.29) is 16.3 Å². The van der Waals surface area contributed by atoms with Crippen molar-refractivity contribution in [2.75, 3.05) is 0 Å². The first-order chi connectivity index (χ1) is 12.1. The van der Waals surface area contributed by atoms with Crippen LogP contribution < -0.4 is 0 Å². The van der Waals surface area contributed by atoms with E-state index < -0.39 is 24.2 Å². The van der Waals surface area contributed by atoms with Crippen LogP contribution >= 0.6 is 23.2 Å². The average molecular weight is 403 g/mol. The Kier molecular flexibility index (Phi) is 4.72. The zero-order valence-corrected chi connectivity index (χ0v) is 14.5. The van der Waals surface area contributed by atoms with Crippen molar-refractivity contribution < 1.29 is 23.1 Å². The van der Waals surface area contributed by atoms with Crippen LogP contribution in [0, 0.1) is 0 Å². The molecule has 0 aliphatic carbocycles. The Balaban J connectivity index is 2.03. The van der Waals surface area contributed by atoms with E-state index in [4.69, 9.17) is 23.2 Å². The van der Waals surface area contributed by atoms with Gasteiger partial charge in [0, 0.05) is 15.6 Å². The van der Waals surface area contributed by atoms with E-state index in [1.807, 2.05) is 0 Å². The van der Waals surface area contributed by atoms with Crippen molar-refractivity contribution in [3.63, 3.8) is 0 Å². The molecule has 2 aromatic rings. The first-order valence-electron chi connectivity index (χ1n) is 7.34. The average Bonchev–Trinajstić information content (AvgIpc) is 2.94. The number of hydrogen-bond donors (Lipinski definition) is 1. The molecule has 0 spiro atoms. The van der Waals surface area contributed by atoms with Gasteiger partial charge in [-0.15, -0.1) is 0 Å². The number of aliphatic hydroxyl groups is 1. The van der Waals surface area contributed by atoms with Crippen LogP contribution in [0.1, 0.15) is 22.3 Å². The normalized spacial score (nSPS) is 20.2. The van der Waals surface area contributed by atoms with Gasteiger partial charge in [-0.1, -0.05) is 35.3 Å². The van der Waals surface area contributed by atoms with Crippen LogP contribution in [0.3, 0.4) is 0 Å². The molecular formula is C17H11Cl2F3N2O2. The monoisotopic (exact) mass is 402 g/mol. The summed E-state index contributed by atoms with van der Waals surface area (Å²) in [6.07, 6.45) is -6.00. The summed E-state index contributed by atoms with van der Waals surface area (Å²) in [5.74, 6) is -1.09. The minimum atomic E-state index is -5.10. The third-order valence-electron chi connectivity index (χ3n) is 3.90. The molecule has 1 amide bonds. The van der Waals surface area contributed by atoms with Crippen LogP contribution in [0.2, 0.25) is 10.0 Å². The van der Waals surface area contributed by atoms with Crippen LogP contribution in [0.4, 0.5) is 13.2 Å². The minimum absolute atomic E-state index is 0.0696. The van der Waals surface area contributed by atoms with Gasteiger partial charge in [0.2, 0.25) is 0 Å². The largest absolute Gasteiger partial charge is 0.438 e. The number of benzene rings is 2. The van der Waals surface area contributed by atoms with Gasteiger partial charge in [0.05, 0.1) is 12.1 Å². The van der Waals surface area contributed by atoms with Gasteiger partial charge < -0.3 is 5.11 Å².